The molecule has 0 spiro atoms. The first-order chi connectivity index (χ1) is 5.40. The van der Waals surface area contributed by atoms with Crippen LogP contribution < -0.4 is 11.1 Å². The minimum absolute atomic E-state index is 0.639. The second-order valence-corrected chi connectivity index (χ2v) is 3.97. The van der Waals surface area contributed by atoms with Gasteiger partial charge in [-0.25, -0.2) is 0 Å². The highest BCUT2D eigenvalue weighted by Crippen LogP contribution is 2.33. The van der Waals surface area contributed by atoms with Gasteiger partial charge in [0.15, 0.2) is 0 Å². The van der Waals surface area contributed by atoms with Crippen molar-refractivity contribution in [2.45, 2.75) is 44.2 Å². The maximum atomic E-state index is 5.68. The molecule has 0 aromatic rings. The molecule has 0 radical (unpaired) electrons. The monoisotopic (exact) mass is 154 g/mol. The Morgan fingerprint density at radius 2 is 2.00 bits per heavy atom. The topological polar surface area (TPSA) is 38.0 Å². The first kappa shape index (κ1) is 7.56. The molecule has 0 heterocycles. The van der Waals surface area contributed by atoms with E-state index in [2.05, 4.69) is 5.32 Å². The van der Waals surface area contributed by atoms with E-state index in [1.165, 1.54) is 32.1 Å². The minimum Gasteiger partial charge on any atom is -0.329 e. The van der Waals surface area contributed by atoms with Gasteiger partial charge >= 0.3 is 0 Å². The summed E-state index contributed by atoms with van der Waals surface area (Å²) in [6.07, 6.45) is 6.98. The number of rotatable bonds is 4. The molecular formula is C9H18N2. The van der Waals surface area contributed by atoms with Crippen molar-refractivity contribution in [1.29, 1.82) is 0 Å². The van der Waals surface area contributed by atoms with Crippen LogP contribution in [0.3, 0.4) is 0 Å². The third kappa shape index (κ3) is 1.74. The molecule has 0 aromatic carbocycles. The Hall–Kier alpha value is -0.0800. The molecule has 2 rings (SSSR count). The van der Waals surface area contributed by atoms with Crippen LogP contribution in [0.5, 0.6) is 0 Å². The zero-order valence-electron chi connectivity index (χ0n) is 7.05. The van der Waals surface area contributed by atoms with E-state index in [9.17, 15) is 0 Å². The molecule has 3 N–H and O–H groups in total. The van der Waals surface area contributed by atoms with Crippen LogP contribution in [-0.4, -0.2) is 18.6 Å². The highest BCUT2D eigenvalue weighted by molar-refractivity contribution is 4.90. The Kier molecular flexibility index (Phi) is 2.14. The Bertz CT molecular complexity index is 128. The largest absolute Gasteiger partial charge is 0.329 e. The summed E-state index contributed by atoms with van der Waals surface area (Å²) in [5, 5.41) is 3.64. The third-order valence-electron chi connectivity index (χ3n) is 3.00. The zero-order chi connectivity index (χ0) is 7.68. The molecule has 0 aliphatic heterocycles. The summed E-state index contributed by atoms with van der Waals surface area (Å²) in [5.41, 5.74) is 5.68. The van der Waals surface area contributed by atoms with Gasteiger partial charge in [0.1, 0.15) is 0 Å². The molecule has 2 fully saturated rings. The van der Waals surface area contributed by atoms with Gasteiger partial charge in [-0.2, -0.15) is 0 Å². The molecule has 2 heteroatoms. The molecule has 0 bridgehead atoms. The van der Waals surface area contributed by atoms with E-state index in [1.54, 1.807) is 0 Å². The van der Waals surface area contributed by atoms with Crippen molar-refractivity contribution in [1.82, 2.24) is 5.32 Å². The number of hydrogen-bond donors (Lipinski definition) is 2. The van der Waals surface area contributed by atoms with E-state index >= 15 is 0 Å². The van der Waals surface area contributed by atoms with Crippen LogP contribution in [0.1, 0.15) is 32.1 Å². The van der Waals surface area contributed by atoms with Crippen LogP contribution in [-0.2, 0) is 0 Å². The van der Waals surface area contributed by atoms with Crippen molar-refractivity contribution in [2.75, 3.05) is 6.54 Å². The van der Waals surface area contributed by atoms with Crippen molar-refractivity contribution in [3.63, 3.8) is 0 Å². The fourth-order valence-corrected chi connectivity index (χ4v) is 1.77. The molecule has 1 unspecified atom stereocenters. The second kappa shape index (κ2) is 3.11. The quantitative estimate of drug-likeness (QED) is 0.630. The average molecular weight is 154 g/mol. The van der Waals surface area contributed by atoms with Crippen molar-refractivity contribution >= 4 is 0 Å². The molecule has 1 atom stereocenters. The fraction of sp³-hybridized carbons (Fsp3) is 1.00. The predicted octanol–water partition coefficient (Wildman–Crippen LogP) is 0.866. The summed E-state index contributed by atoms with van der Waals surface area (Å²) in [6, 6.07) is 1.45. The molecule has 11 heavy (non-hydrogen) atoms. The van der Waals surface area contributed by atoms with E-state index in [1.807, 2.05) is 0 Å². The van der Waals surface area contributed by atoms with Gasteiger partial charge in [0.2, 0.25) is 0 Å². The summed E-state index contributed by atoms with van der Waals surface area (Å²) < 4.78 is 0. The number of nitrogens with one attached hydrogen (secondary N) is 1. The highest BCUT2D eigenvalue weighted by atomic mass is 15.0. The van der Waals surface area contributed by atoms with Gasteiger partial charge in [-0.15, -0.1) is 0 Å². The smallest absolute Gasteiger partial charge is 0.0221 e. The fourth-order valence-electron chi connectivity index (χ4n) is 1.77. The summed E-state index contributed by atoms with van der Waals surface area (Å²) in [6.45, 7) is 0.834. The van der Waals surface area contributed by atoms with Gasteiger partial charge in [-0.3, -0.25) is 0 Å². The van der Waals surface area contributed by atoms with Gasteiger partial charge in [0.25, 0.3) is 0 Å². The lowest BCUT2D eigenvalue weighted by atomic mass is 9.92. The normalized spacial score (nSPS) is 28.1. The lowest BCUT2D eigenvalue weighted by Crippen LogP contribution is -2.47. The van der Waals surface area contributed by atoms with Crippen LogP contribution in [0, 0.1) is 5.92 Å². The molecule has 2 nitrogen and oxygen atoms in total. The van der Waals surface area contributed by atoms with E-state index in [4.69, 9.17) is 5.73 Å². The predicted molar refractivity (Wildman–Crippen MR) is 46.3 cm³/mol. The standard InChI is InChI=1S/C9H18N2/c10-6-9(7-4-5-7)11-8-2-1-3-8/h7-9,11H,1-6,10H2. The molecular weight excluding hydrogens is 136 g/mol. The van der Waals surface area contributed by atoms with Crippen molar-refractivity contribution in [3.8, 4) is 0 Å². The van der Waals surface area contributed by atoms with Gasteiger partial charge in [0, 0.05) is 18.6 Å². The van der Waals surface area contributed by atoms with Crippen molar-refractivity contribution in [3.05, 3.63) is 0 Å². The molecule has 2 saturated carbocycles. The van der Waals surface area contributed by atoms with Crippen molar-refractivity contribution < 1.29 is 0 Å². The van der Waals surface area contributed by atoms with E-state index in [0.29, 0.717) is 6.04 Å². The summed E-state index contributed by atoms with van der Waals surface area (Å²) in [5.74, 6) is 0.917. The Morgan fingerprint density at radius 1 is 1.27 bits per heavy atom. The Balaban J connectivity index is 1.71. The van der Waals surface area contributed by atoms with Gasteiger partial charge in [-0.1, -0.05) is 6.42 Å². The molecule has 2 aliphatic rings. The SMILES string of the molecule is NCC(NC1CCC1)C1CC1. The highest BCUT2D eigenvalue weighted by Gasteiger charge is 2.32. The Labute approximate surface area is 68.5 Å². The summed E-state index contributed by atoms with van der Waals surface area (Å²) >= 11 is 0. The molecule has 0 aromatic heterocycles. The summed E-state index contributed by atoms with van der Waals surface area (Å²) in [7, 11) is 0. The molecule has 2 aliphatic carbocycles. The van der Waals surface area contributed by atoms with Crippen LogP contribution in [0.25, 0.3) is 0 Å². The van der Waals surface area contributed by atoms with Crippen molar-refractivity contribution in [2.24, 2.45) is 11.7 Å². The number of hydrogen-bond acceptors (Lipinski definition) is 2. The maximum Gasteiger partial charge on any atom is 0.0221 e. The summed E-state index contributed by atoms with van der Waals surface area (Å²) in [4.78, 5) is 0. The average Bonchev–Trinajstić information content (AvgIpc) is 2.68. The molecule has 64 valence electrons. The van der Waals surface area contributed by atoms with E-state index < -0.39 is 0 Å². The maximum absolute atomic E-state index is 5.68. The van der Waals surface area contributed by atoms with Gasteiger partial charge in [-0.05, 0) is 31.6 Å². The Morgan fingerprint density at radius 3 is 2.36 bits per heavy atom. The molecule has 0 saturated heterocycles. The zero-order valence-corrected chi connectivity index (χ0v) is 7.05. The van der Waals surface area contributed by atoms with Crippen LogP contribution in [0.2, 0.25) is 0 Å². The minimum atomic E-state index is 0.639. The van der Waals surface area contributed by atoms with E-state index in [0.717, 1.165) is 18.5 Å². The number of nitrogens with two attached hydrogens (primary N) is 1. The van der Waals surface area contributed by atoms with Gasteiger partial charge < -0.3 is 11.1 Å². The third-order valence-corrected chi connectivity index (χ3v) is 3.00. The second-order valence-electron chi connectivity index (χ2n) is 3.97. The van der Waals surface area contributed by atoms with Gasteiger partial charge in [0.05, 0.1) is 0 Å². The lowest BCUT2D eigenvalue weighted by molar-refractivity contribution is 0.292. The van der Waals surface area contributed by atoms with Crippen LogP contribution in [0.15, 0.2) is 0 Å². The molecule has 0 amide bonds. The lowest BCUT2D eigenvalue weighted by Gasteiger charge is -2.31. The van der Waals surface area contributed by atoms with E-state index in [-0.39, 0.29) is 0 Å². The van der Waals surface area contributed by atoms with Crippen LogP contribution in [0.4, 0.5) is 0 Å². The first-order valence-corrected chi connectivity index (χ1v) is 4.86. The van der Waals surface area contributed by atoms with Crippen LogP contribution >= 0.6 is 0 Å². The first-order valence-electron chi connectivity index (χ1n) is 4.86.